The third kappa shape index (κ3) is 6.97. The molecule has 0 spiro atoms. The maximum atomic E-state index is 12.4. The van der Waals surface area contributed by atoms with E-state index in [-0.39, 0.29) is 18.9 Å². The van der Waals surface area contributed by atoms with Crippen LogP contribution in [-0.2, 0) is 27.9 Å². The van der Waals surface area contributed by atoms with Gasteiger partial charge in [-0.25, -0.2) is 8.42 Å². The summed E-state index contributed by atoms with van der Waals surface area (Å²) in [6.45, 7) is 3.88. The van der Waals surface area contributed by atoms with Gasteiger partial charge < -0.3 is 10.1 Å². The van der Waals surface area contributed by atoms with Crippen molar-refractivity contribution < 1.29 is 17.9 Å². The predicted molar refractivity (Wildman–Crippen MR) is 127 cm³/mol. The van der Waals surface area contributed by atoms with Gasteiger partial charge in [-0.3, -0.25) is 14.0 Å². The van der Waals surface area contributed by atoms with Crippen LogP contribution in [0.2, 0.25) is 0 Å². The van der Waals surface area contributed by atoms with E-state index in [1.807, 2.05) is 12.1 Å². The molecule has 7 nitrogen and oxygen atoms in total. The third-order valence-corrected chi connectivity index (χ3v) is 6.89. The van der Waals surface area contributed by atoms with Gasteiger partial charge in [0.05, 0.1) is 19.1 Å². The number of rotatable bonds is 11. The monoisotopic (exact) mass is 459 g/mol. The summed E-state index contributed by atoms with van der Waals surface area (Å²) in [5.74, 6) is 0.501. The lowest BCUT2D eigenvalue weighted by atomic mass is 10.1. The molecule has 0 atom stereocenters. The first-order valence-corrected chi connectivity index (χ1v) is 12.9. The normalized spacial score (nSPS) is 14.3. The van der Waals surface area contributed by atoms with E-state index < -0.39 is 10.0 Å². The van der Waals surface area contributed by atoms with Gasteiger partial charge in [-0.1, -0.05) is 30.3 Å². The molecule has 0 radical (unpaired) electrons. The summed E-state index contributed by atoms with van der Waals surface area (Å²) in [6, 6.07) is 15.1. The highest BCUT2D eigenvalue weighted by atomic mass is 32.2. The maximum absolute atomic E-state index is 12.4. The maximum Gasteiger partial charge on any atom is 0.232 e. The number of hydrogen-bond acceptors (Lipinski definition) is 5. The quantitative estimate of drug-likeness (QED) is 0.558. The smallest absolute Gasteiger partial charge is 0.232 e. The van der Waals surface area contributed by atoms with E-state index in [1.165, 1.54) is 36.1 Å². The highest BCUT2D eigenvalue weighted by Crippen LogP contribution is 2.23. The van der Waals surface area contributed by atoms with Gasteiger partial charge in [0.25, 0.3) is 0 Å². The van der Waals surface area contributed by atoms with Crippen LogP contribution >= 0.6 is 0 Å². The molecular formula is C24H33N3O4S. The minimum Gasteiger partial charge on any atom is -0.497 e. The number of ether oxygens (including phenoxy) is 1. The fourth-order valence-corrected chi connectivity index (χ4v) is 4.94. The summed E-state index contributed by atoms with van der Waals surface area (Å²) >= 11 is 0. The van der Waals surface area contributed by atoms with Gasteiger partial charge in [-0.15, -0.1) is 0 Å². The second kappa shape index (κ2) is 11.3. The third-order valence-electron chi connectivity index (χ3n) is 5.69. The molecule has 0 saturated carbocycles. The molecule has 0 bridgehead atoms. The minimum absolute atomic E-state index is 0.0833. The molecule has 1 N–H and O–H groups in total. The fraction of sp³-hybridized carbons (Fsp3) is 0.458. The van der Waals surface area contributed by atoms with Crippen molar-refractivity contribution in [3.8, 4) is 5.75 Å². The second-order valence-corrected chi connectivity index (χ2v) is 10.1. The Bertz CT molecular complexity index is 1000. The van der Waals surface area contributed by atoms with Gasteiger partial charge in [0.2, 0.25) is 15.9 Å². The molecule has 1 aliphatic heterocycles. The number of carbonyl (C=O) groups is 1. The molecule has 8 heteroatoms. The van der Waals surface area contributed by atoms with E-state index in [1.54, 1.807) is 24.3 Å². The SMILES string of the molecule is COc1cccc(N(CCCC(=O)NCc2ccccc2CN2CCCC2)S(C)(=O)=O)c1. The summed E-state index contributed by atoms with van der Waals surface area (Å²) in [7, 11) is -1.93. The Morgan fingerprint density at radius 1 is 1.09 bits per heavy atom. The second-order valence-electron chi connectivity index (χ2n) is 8.17. The van der Waals surface area contributed by atoms with E-state index in [9.17, 15) is 13.2 Å². The Labute approximate surface area is 191 Å². The van der Waals surface area contributed by atoms with Gasteiger partial charge in [0, 0.05) is 32.1 Å². The summed E-state index contributed by atoms with van der Waals surface area (Å²) in [5, 5.41) is 2.99. The molecule has 174 valence electrons. The number of benzene rings is 2. The number of methoxy groups -OCH3 is 1. The number of likely N-dealkylation sites (tertiary alicyclic amines) is 1. The van der Waals surface area contributed by atoms with Crippen molar-refractivity contribution >= 4 is 21.6 Å². The lowest BCUT2D eigenvalue weighted by Crippen LogP contribution is -2.32. The molecule has 1 fully saturated rings. The molecule has 1 saturated heterocycles. The van der Waals surface area contributed by atoms with Crippen LogP contribution < -0.4 is 14.4 Å². The van der Waals surface area contributed by atoms with E-state index in [0.29, 0.717) is 24.4 Å². The zero-order chi connectivity index (χ0) is 23.0. The average molecular weight is 460 g/mol. The van der Waals surface area contributed by atoms with Crippen LogP contribution in [0.1, 0.15) is 36.8 Å². The van der Waals surface area contributed by atoms with Gasteiger partial charge in [0.1, 0.15) is 5.75 Å². The highest BCUT2D eigenvalue weighted by Gasteiger charge is 2.18. The highest BCUT2D eigenvalue weighted by molar-refractivity contribution is 7.92. The average Bonchev–Trinajstić information content (AvgIpc) is 3.28. The van der Waals surface area contributed by atoms with Crippen LogP contribution in [0.5, 0.6) is 5.75 Å². The topological polar surface area (TPSA) is 79.0 Å². The number of anilines is 1. The van der Waals surface area contributed by atoms with E-state index >= 15 is 0 Å². The molecule has 1 amide bonds. The Kier molecular flexibility index (Phi) is 8.53. The zero-order valence-electron chi connectivity index (χ0n) is 18.9. The summed E-state index contributed by atoms with van der Waals surface area (Å²) in [5.41, 5.74) is 2.90. The number of nitrogens with one attached hydrogen (secondary N) is 1. The van der Waals surface area contributed by atoms with Crippen molar-refractivity contribution in [3.63, 3.8) is 0 Å². The first-order valence-electron chi connectivity index (χ1n) is 11.0. The van der Waals surface area contributed by atoms with Crippen molar-refractivity contribution in [1.29, 1.82) is 0 Å². The molecule has 2 aromatic carbocycles. The molecule has 0 aliphatic carbocycles. The largest absolute Gasteiger partial charge is 0.497 e. The molecule has 0 aromatic heterocycles. The fourth-order valence-electron chi connectivity index (χ4n) is 3.98. The number of hydrogen-bond donors (Lipinski definition) is 1. The van der Waals surface area contributed by atoms with E-state index in [0.717, 1.165) is 25.2 Å². The van der Waals surface area contributed by atoms with Gasteiger partial charge in [-0.05, 0) is 55.6 Å². The van der Waals surface area contributed by atoms with E-state index in [4.69, 9.17) is 4.74 Å². The lowest BCUT2D eigenvalue weighted by Gasteiger charge is -2.22. The van der Waals surface area contributed by atoms with Crippen molar-refractivity contribution in [2.75, 3.05) is 37.3 Å². The summed E-state index contributed by atoms with van der Waals surface area (Å²) in [4.78, 5) is 14.9. The van der Waals surface area contributed by atoms with Gasteiger partial charge >= 0.3 is 0 Å². The Hall–Kier alpha value is -2.58. The van der Waals surface area contributed by atoms with Crippen molar-refractivity contribution in [2.45, 2.75) is 38.8 Å². The molecule has 0 unspecified atom stereocenters. The molecule has 32 heavy (non-hydrogen) atoms. The zero-order valence-corrected chi connectivity index (χ0v) is 19.7. The molecule has 1 heterocycles. The Morgan fingerprint density at radius 3 is 2.50 bits per heavy atom. The summed E-state index contributed by atoms with van der Waals surface area (Å²) in [6.07, 6.45) is 4.35. The lowest BCUT2D eigenvalue weighted by molar-refractivity contribution is -0.121. The number of sulfonamides is 1. The van der Waals surface area contributed by atoms with Crippen LogP contribution in [0.25, 0.3) is 0 Å². The van der Waals surface area contributed by atoms with Crippen LogP contribution in [0.4, 0.5) is 5.69 Å². The first-order chi connectivity index (χ1) is 15.4. The Morgan fingerprint density at radius 2 is 1.81 bits per heavy atom. The molecule has 1 aliphatic rings. The van der Waals surface area contributed by atoms with Crippen LogP contribution in [0.3, 0.4) is 0 Å². The standard InChI is InChI=1S/C24H33N3O4S/c1-31-23-12-7-11-22(17-23)27(32(2,29)30)16-8-13-24(28)25-18-20-9-3-4-10-21(20)19-26-14-5-6-15-26/h3-4,7,9-12,17H,5-6,8,13-16,18-19H2,1-2H3,(H,25,28). The number of amides is 1. The van der Waals surface area contributed by atoms with Crippen LogP contribution in [-0.4, -0.2) is 52.2 Å². The summed E-state index contributed by atoms with van der Waals surface area (Å²) < 4.78 is 31.1. The van der Waals surface area contributed by atoms with E-state index in [2.05, 4.69) is 22.3 Å². The van der Waals surface area contributed by atoms with Gasteiger partial charge in [0.15, 0.2) is 0 Å². The Balaban J connectivity index is 1.52. The van der Waals surface area contributed by atoms with Crippen molar-refractivity contribution in [3.05, 3.63) is 59.7 Å². The predicted octanol–water partition coefficient (Wildman–Crippen LogP) is 3.15. The minimum atomic E-state index is -3.47. The van der Waals surface area contributed by atoms with Crippen LogP contribution in [0, 0.1) is 0 Å². The number of nitrogens with zero attached hydrogens (tertiary/aromatic N) is 2. The first kappa shape index (κ1) is 24.1. The molecule has 3 rings (SSSR count). The van der Waals surface area contributed by atoms with Gasteiger partial charge in [-0.2, -0.15) is 0 Å². The van der Waals surface area contributed by atoms with Crippen LogP contribution in [0.15, 0.2) is 48.5 Å². The van der Waals surface area contributed by atoms with Crippen molar-refractivity contribution in [1.82, 2.24) is 10.2 Å². The molecular weight excluding hydrogens is 426 g/mol. The number of carbonyl (C=O) groups excluding carboxylic acids is 1. The van der Waals surface area contributed by atoms with Crippen molar-refractivity contribution in [2.24, 2.45) is 0 Å². The molecule has 2 aromatic rings.